The molecular weight excluding hydrogens is 356 g/mol. The summed E-state index contributed by atoms with van der Waals surface area (Å²) >= 11 is 3.39. The first-order chi connectivity index (χ1) is 11.1. The summed E-state index contributed by atoms with van der Waals surface area (Å²) in [5.74, 6) is 1.18. The molecule has 0 unspecified atom stereocenters. The second kappa shape index (κ2) is 8.53. The third kappa shape index (κ3) is 4.96. The number of carbonyl (C=O) groups is 1. The molecule has 0 saturated carbocycles. The smallest absolute Gasteiger partial charge is 0.185 e. The molecule has 0 aromatic heterocycles. The maximum Gasteiger partial charge on any atom is 0.185 e. The lowest BCUT2D eigenvalue weighted by Gasteiger charge is -2.11. The monoisotopic (exact) mass is 374 g/mol. The molecule has 3 nitrogen and oxygen atoms in total. The molecule has 0 aliphatic heterocycles. The highest BCUT2D eigenvalue weighted by Crippen LogP contribution is 2.28. The van der Waals surface area contributed by atoms with Gasteiger partial charge in [-0.15, -0.1) is 0 Å². The van der Waals surface area contributed by atoms with E-state index in [1.54, 1.807) is 30.4 Å². The number of carbonyl (C=O) groups excluding carboxylic acids is 1. The van der Waals surface area contributed by atoms with Crippen molar-refractivity contribution in [1.29, 1.82) is 0 Å². The third-order valence-corrected chi connectivity index (χ3v) is 3.65. The summed E-state index contributed by atoms with van der Waals surface area (Å²) < 4.78 is 12.1. The number of hydrogen-bond acceptors (Lipinski definition) is 3. The Kier molecular flexibility index (Phi) is 6.41. The second-order valence-corrected chi connectivity index (χ2v) is 5.69. The normalized spacial score (nSPS) is 10.7. The highest BCUT2D eigenvalue weighted by molar-refractivity contribution is 9.10. The van der Waals surface area contributed by atoms with Crippen molar-refractivity contribution in [3.63, 3.8) is 0 Å². The quantitative estimate of drug-likeness (QED) is 0.496. The van der Waals surface area contributed by atoms with Gasteiger partial charge in [0.15, 0.2) is 17.3 Å². The average Bonchev–Trinajstić information content (AvgIpc) is 2.56. The number of rotatable bonds is 7. The van der Waals surface area contributed by atoms with Crippen LogP contribution < -0.4 is 9.47 Å². The molecule has 0 atom stereocenters. The predicted molar refractivity (Wildman–Crippen MR) is 96.3 cm³/mol. The largest absolute Gasteiger partial charge is 0.490 e. The molecule has 23 heavy (non-hydrogen) atoms. The van der Waals surface area contributed by atoms with Gasteiger partial charge in [-0.25, -0.2) is 0 Å². The van der Waals surface area contributed by atoms with E-state index < -0.39 is 0 Å². The summed E-state index contributed by atoms with van der Waals surface area (Å²) in [7, 11) is 0. The van der Waals surface area contributed by atoms with Gasteiger partial charge in [0.1, 0.15) is 0 Å². The van der Waals surface area contributed by atoms with Crippen molar-refractivity contribution in [1.82, 2.24) is 0 Å². The minimum Gasteiger partial charge on any atom is -0.490 e. The molecule has 0 aliphatic rings. The Labute approximate surface area is 145 Å². The maximum absolute atomic E-state index is 12.3. The molecule has 0 fully saturated rings. The number of halogens is 1. The van der Waals surface area contributed by atoms with Crippen LogP contribution in [0.1, 0.15) is 29.8 Å². The van der Waals surface area contributed by atoms with E-state index in [9.17, 15) is 4.79 Å². The number of hydrogen-bond donors (Lipinski definition) is 0. The van der Waals surface area contributed by atoms with Crippen molar-refractivity contribution in [2.24, 2.45) is 0 Å². The molecule has 0 spiro atoms. The van der Waals surface area contributed by atoms with Gasteiger partial charge in [0.05, 0.1) is 13.2 Å². The van der Waals surface area contributed by atoms with Crippen molar-refractivity contribution in [2.75, 3.05) is 13.2 Å². The van der Waals surface area contributed by atoms with E-state index in [4.69, 9.17) is 9.47 Å². The number of ketones is 1. The van der Waals surface area contributed by atoms with Crippen LogP contribution in [0.2, 0.25) is 0 Å². The summed E-state index contributed by atoms with van der Waals surface area (Å²) in [6, 6.07) is 13.0. The summed E-state index contributed by atoms with van der Waals surface area (Å²) in [6.07, 6.45) is 3.36. The van der Waals surface area contributed by atoms with E-state index in [-0.39, 0.29) is 5.78 Å². The van der Waals surface area contributed by atoms with Crippen LogP contribution >= 0.6 is 15.9 Å². The zero-order chi connectivity index (χ0) is 16.7. The van der Waals surface area contributed by atoms with Crippen LogP contribution in [0.15, 0.2) is 53.0 Å². The van der Waals surface area contributed by atoms with Crippen molar-refractivity contribution in [2.45, 2.75) is 13.8 Å². The summed E-state index contributed by atoms with van der Waals surface area (Å²) in [6.45, 7) is 4.89. The van der Waals surface area contributed by atoms with E-state index in [2.05, 4.69) is 15.9 Å². The minimum atomic E-state index is -0.0723. The zero-order valence-corrected chi connectivity index (χ0v) is 14.8. The predicted octanol–water partition coefficient (Wildman–Crippen LogP) is 5.14. The first-order valence-corrected chi connectivity index (χ1v) is 8.31. The van der Waals surface area contributed by atoms with Crippen molar-refractivity contribution in [3.8, 4) is 11.5 Å². The third-order valence-electron chi connectivity index (χ3n) is 3.13. The maximum atomic E-state index is 12.3. The van der Waals surface area contributed by atoms with E-state index in [0.29, 0.717) is 30.3 Å². The Bertz CT molecular complexity index is 690. The average molecular weight is 375 g/mol. The van der Waals surface area contributed by atoms with Gasteiger partial charge in [-0.2, -0.15) is 0 Å². The van der Waals surface area contributed by atoms with Gasteiger partial charge >= 0.3 is 0 Å². The van der Waals surface area contributed by atoms with Crippen LogP contribution in [0.3, 0.4) is 0 Å². The standard InChI is InChI=1S/C19H19BrO3/c1-3-22-18-12-8-15(13-19(18)23-4-2)17(21)11-7-14-5-9-16(20)10-6-14/h5-13H,3-4H2,1-2H3. The van der Waals surface area contributed by atoms with Gasteiger partial charge in [-0.3, -0.25) is 4.79 Å². The zero-order valence-electron chi connectivity index (χ0n) is 13.2. The first kappa shape index (κ1) is 17.3. The number of ether oxygens (including phenoxy) is 2. The van der Waals surface area contributed by atoms with Crippen molar-refractivity contribution < 1.29 is 14.3 Å². The lowest BCUT2D eigenvalue weighted by atomic mass is 10.1. The van der Waals surface area contributed by atoms with Crippen LogP contribution in [0.5, 0.6) is 11.5 Å². The van der Waals surface area contributed by atoms with Gasteiger partial charge in [0, 0.05) is 10.0 Å². The molecule has 0 aliphatic carbocycles. The molecule has 0 heterocycles. The Morgan fingerprint density at radius 2 is 1.65 bits per heavy atom. The van der Waals surface area contributed by atoms with Crippen LogP contribution in [-0.4, -0.2) is 19.0 Å². The number of allylic oxidation sites excluding steroid dienone is 1. The molecule has 2 aromatic carbocycles. The van der Waals surface area contributed by atoms with Gasteiger partial charge < -0.3 is 9.47 Å². The SMILES string of the molecule is CCOc1ccc(C(=O)C=Cc2ccc(Br)cc2)cc1OCC. The van der Waals surface area contributed by atoms with Crippen LogP contribution in [-0.2, 0) is 0 Å². The molecule has 0 bridgehead atoms. The minimum absolute atomic E-state index is 0.0723. The Morgan fingerprint density at radius 1 is 1.00 bits per heavy atom. The fraction of sp³-hybridized carbons (Fsp3) is 0.211. The molecule has 0 radical (unpaired) electrons. The highest BCUT2D eigenvalue weighted by Gasteiger charge is 2.09. The molecule has 0 saturated heterocycles. The van der Waals surface area contributed by atoms with E-state index in [1.807, 2.05) is 38.1 Å². The fourth-order valence-corrected chi connectivity index (χ4v) is 2.31. The van der Waals surface area contributed by atoms with Crippen LogP contribution in [0, 0.1) is 0 Å². The Hall–Kier alpha value is -2.07. The fourth-order valence-electron chi connectivity index (χ4n) is 2.05. The summed E-state index contributed by atoms with van der Waals surface area (Å²) in [5, 5.41) is 0. The molecular formula is C19H19BrO3. The first-order valence-electron chi connectivity index (χ1n) is 7.51. The van der Waals surface area contributed by atoms with Crippen molar-refractivity contribution in [3.05, 3.63) is 64.1 Å². The highest BCUT2D eigenvalue weighted by atomic mass is 79.9. The summed E-state index contributed by atoms with van der Waals surface area (Å²) in [4.78, 5) is 12.3. The van der Waals surface area contributed by atoms with E-state index >= 15 is 0 Å². The molecule has 2 rings (SSSR count). The molecule has 2 aromatic rings. The molecule has 120 valence electrons. The van der Waals surface area contributed by atoms with Crippen LogP contribution in [0.4, 0.5) is 0 Å². The molecule has 0 N–H and O–H groups in total. The lowest BCUT2D eigenvalue weighted by molar-refractivity contribution is 0.104. The summed E-state index contributed by atoms with van der Waals surface area (Å²) in [5.41, 5.74) is 1.54. The van der Waals surface area contributed by atoms with E-state index in [0.717, 1.165) is 10.0 Å². The van der Waals surface area contributed by atoms with Crippen molar-refractivity contribution >= 4 is 27.8 Å². The van der Waals surface area contributed by atoms with E-state index in [1.165, 1.54) is 0 Å². The Morgan fingerprint density at radius 3 is 2.30 bits per heavy atom. The molecule has 4 heteroatoms. The Balaban J connectivity index is 2.18. The van der Waals surface area contributed by atoms with Gasteiger partial charge in [-0.1, -0.05) is 34.1 Å². The van der Waals surface area contributed by atoms with Crippen LogP contribution in [0.25, 0.3) is 6.08 Å². The lowest BCUT2D eigenvalue weighted by Crippen LogP contribution is -2.01. The van der Waals surface area contributed by atoms with Gasteiger partial charge in [-0.05, 0) is 55.8 Å². The van der Waals surface area contributed by atoms with Gasteiger partial charge in [0.2, 0.25) is 0 Å². The second-order valence-electron chi connectivity index (χ2n) is 4.78. The van der Waals surface area contributed by atoms with Gasteiger partial charge in [0.25, 0.3) is 0 Å². The topological polar surface area (TPSA) is 35.5 Å². The molecule has 0 amide bonds. The number of benzene rings is 2.